The first kappa shape index (κ1) is 14.2. The Kier molecular flexibility index (Phi) is 4.48. The molecule has 102 valence electrons. The van der Waals surface area contributed by atoms with Gasteiger partial charge in [-0.1, -0.05) is 0 Å². The topological polar surface area (TPSA) is 82.3 Å². The molecule has 0 aromatic carbocycles. The molecule has 1 heterocycles. The third-order valence-corrected chi connectivity index (χ3v) is 1.83. The van der Waals surface area contributed by atoms with Crippen molar-refractivity contribution in [3.05, 3.63) is 6.33 Å². The zero-order valence-corrected chi connectivity index (χ0v) is 9.16. The average Bonchev–Trinajstić information content (AvgIpc) is 2.35. The first-order valence-corrected chi connectivity index (χ1v) is 4.56. The van der Waals surface area contributed by atoms with Crippen LogP contribution >= 0.6 is 0 Å². The van der Waals surface area contributed by atoms with E-state index in [9.17, 15) is 17.6 Å². The van der Waals surface area contributed by atoms with Gasteiger partial charge in [0.25, 0.3) is 5.88 Å². The van der Waals surface area contributed by atoms with Gasteiger partial charge in [0.1, 0.15) is 6.33 Å². The molecule has 0 saturated heterocycles. The second-order valence-electron chi connectivity index (χ2n) is 3.06. The van der Waals surface area contributed by atoms with Crippen molar-refractivity contribution in [3.8, 4) is 11.6 Å². The van der Waals surface area contributed by atoms with Gasteiger partial charge < -0.3 is 14.9 Å². The minimum absolute atomic E-state index is 0.0251. The maximum atomic E-state index is 12.7. The van der Waals surface area contributed by atoms with Gasteiger partial charge in [-0.2, -0.15) is 13.8 Å². The van der Waals surface area contributed by atoms with Crippen molar-refractivity contribution in [2.75, 3.05) is 19.1 Å². The van der Waals surface area contributed by atoms with Crippen LogP contribution in [0.3, 0.4) is 0 Å². The Bertz CT molecular complexity index is 405. The van der Waals surface area contributed by atoms with E-state index in [2.05, 4.69) is 20.1 Å². The van der Waals surface area contributed by atoms with E-state index in [1.165, 1.54) is 7.11 Å². The number of halogens is 4. The third kappa shape index (κ3) is 3.09. The zero-order valence-electron chi connectivity index (χ0n) is 9.16. The Morgan fingerprint density at radius 2 is 2.11 bits per heavy atom. The summed E-state index contributed by atoms with van der Waals surface area (Å²) in [7, 11) is 1.19. The van der Waals surface area contributed by atoms with Crippen molar-refractivity contribution in [1.29, 1.82) is 0 Å². The molecular formula is C8H10F4N4O2. The van der Waals surface area contributed by atoms with Crippen molar-refractivity contribution in [1.82, 2.24) is 9.97 Å². The molecule has 0 atom stereocenters. The number of nitrogens with zero attached hydrogens (tertiary/aromatic N) is 2. The van der Waals surface area contributed by atoms with E-state index in [0.29, 0.717) is 0 Å². The molecular weight excluding hydrogens is 260 g/mol. The molecule has 0 bridgehead atoms. The van der Waals surface area contributed by atoms with E-state index in [1.54, 1.807) is 0 Å². The highest BCUT2D eigenvalue weighted by atomic mass is 19.3. The van der Waals surface area contributed by atoms with Gasteiger partial charge in [0.15, 0.2) is 12.4 Å². The molecule has 1 aromatic heterocycles. The van der Waals surface area contributed by atoms with Gasteiger partial charge >= 0.3 is 12.3 Å². The maximum Gasteiger partial charge on any atom is 0.340 e. The van der Waals surface area contributed by atoms with Crippen LogP contribution in [-0.2, 0) is 0 Å². The van der Waals surface area contributed by atoms with Crippen molar-refractivity contribution < 1.29 is 27.0 Å². The number of nitrogen functional groups attached to an aromatic ring is 1. The van der Waals surface area contributed by atoms with Crippen LogP contribution < -0.4 is 20.7 Å². The Balaban J connectivity index is 2.85. The van der Waals surface area contributed by atoms with Crippen LogP contribution in [0.15, 0.2) is 6.33 Å². The minimum atomic E-state index is -4.29. The summed E-state index contributed by atoms with van der Waals surface area (Å²) in [6, 6.07) is 0. The molecule has 1 aromatic rings. The largest absolute Gasteiger partial charge is 0.489 e. The summed E-state index contributed by atoms with van der Waals surface area (Å²) in [5.41, 5.74) is 2.12. The van der Waals surface area contributed by atoms with E-state index in [-0.39, 0.29) is 11.6 Å². The molecule has 0 spiro atoms. The average molecular weight is 270 g/mol. The molecule has 18 heavy (non-hydrogen) atoms. The smallest absolute Gasteiger partial charge is 0.340 e. The first-order chi connectivity index (χ1) is 8.42. The van der Waals surface area contributed by atoms with Crippen LogP contribution in [-0.4, -0.2) is 36.0 Å². The number of hydrazine groups is 1. The van der Waals surface area contributed by atoms with Crippen LogP contribution in [0.25, 0.3) is 0 Å². The summed E-state index contributed by atoms with van der Waals surface area (Å²) in [6.07, 6.45) is -2.88. The van der Waals surface area contributed by atoms with Crippen molar-refractivity contribution in [3.63, 3.8) is 0 Å². The fraction of sp³-hybridized carbons (Fsp3) is 0.500. The number of aromatic nitrogens is 2. The van der Waals surface area contributed by atoms with E-state index in [1.807, 2.05) is 0 Å². The number of nitrogens with two attached hydrogens (primary N) is 1. The van der Waals surface area contributed by atoms with Gasteiger partial charge in [-0.15, -0.1) is 0 Å². The molecule has 0 amide bonds. The lowest BCUT2D eigenvalue weighted by Gasteiger charge is -2.17. The predicted octanol–water partition coefficient (Wildman–Crippen LogP) is 1.05. The number of hydrogen-bond donors (Lipinski definition) is 2. The second kappa shape index (κ2) is 5.67. The van der Waals surface area contributed by atoms with Crippen LogP contribution in [0.5, 0.6) is 11.6 Å². The standard InChI is InChI=1S/C8H10F4N4O2/c1-17-4-5(16-13)14-3-15-6(4)18-2-8(11,12)7(9)10/h3,7H,2,13H2,1H3,(H,14,15,16). The lowest BCUT2D eigenvalue weighted by atomic mass is 10.4. The second-order valence-corrected chi connectivity index (χ2v) is 3.06. The van der Waals surface area contributed by atoms with Crippen molar-refractivity contribution >= 4 is 5.82 Å². The summed E-state index contributed by atoms with van der Waals surface area (Å²) in [6.45, 7) is -1.54. The third-order valence-electron chi connectivity index (χ3n) is 1.83. The summed E-state index contributed by atoms with van der Waals surface area (Å²) in [4.78, 5) is 7.11. The molecule has 0 unspecified atom stereocenters. The number of methoxy groups -OCH3 is 1. The lowest BCUT2D eigenvalue weighted by Crippen LogP contribution is -2.34. The maximum absolute atomic E-state index is 12.7. The van der Waals surface area contributed by atoms with Gasteiger partial charge in [0.05, 0.1) is 7.11 Å². The summed E-state index contributed by atoms with van der Waals surface area (Å²) in [5, 5.41) is 0. The zero-order chi connectivity index (χ0) is 13.8. The van der Waals surface area contributed by atoms with E-state index >= 15 is 0 Å². The molecule has 0 aliphatic rings. The molecule has 1 rings (SSSR count). The SMILES string of the molecule is COc1c(NN)ncnc1OCC(F)(F)C(F)F. The van der Waals surface area contributed by atoms with Gasteiger partial charge in [0.2, 0.25) is 5.75 Å². The molecule has 0 radical (unpaired) electrons. The first-order valence-electron chi connectivity index (χ1n) is 4.56. The highest BCUT2D eigenvalue weighted by Gasteiger charge is 2.42. The number of nitrogens with one attached hydrogen (secondary N) is 1. The number of anilines is 1. The number of ether oxygens (including phenoxy) is 2. The number of hydrogen-bond acceptors (Lipinski definition) is 6. The van der Waals surface area contributed by atoms with Crippen LogP contribution in [0, 0.1) is 0 Å². The van der Waals surface area contributed by atoms with Gasteiger partial charge in [-0.25, -0.2) is 19.6 Å². The van der Waals surface area contributed by atoms with Crippen LogP contribution in [0.1, 0.15) is 0 Å². The van der Waals surface area contributed by atoms with E-state index in [4.69, 9.17) is 10.6 Å². The van der Waals surface area contributed by atoms with Crippen molar-refractivity contribution in [2.24, 2.45) is 5.84 Å². The fourth-order valence-corrected chi connectivity index (χ4v) is 0.975. The summed E-state index contributed by atoms with van der Waals surface area (Å²) in [5.74, 6) is 0.193. The number of alkyl halides is 4. The molecule has 0 fully saturated rings. The molecule has 3 N–H and O–H groups in total. The predicted molar refractivity (Wildman–Crippen MR) is 52.8 cm³/mol. The highest BCUT2D eigenvalue weighted by Crippen LogP contribution is 2.32. The quantitative estimate of drug-likeness (QED) is 0.457. The minimum Gasteiger partial charge on any atom is -0.489 e. The molecule has 0 aliphatic heterocycles. The van der Waals surface area contributed by atoms with E-state index in [0.717, 1.165) is 6.33 Å². The fourth-order valence-electron chi connectivity index (χ4n) is 0.975. The Morgan fingerprint density at radius 1 is 1.44 bits per heavy atom. The van der Waals surface area contributed by atoms with Gasteiger partial charge in [-0.05, 0) is 0 Å². The Hall–Kier alpha value is -1.84. The Labute approximate surface area is 99.1 Å². The van der Waals surface area contributed by atoms with Crippen LogP contribution in [0.2, 0.25) is 0 Å². The molecule has 10 heteroatoms. The molecule has 0 saturated carbocycles. The van der Waals surface area contributed by atoms with Crippen molar-refractivity contribution in [2.45, 2.75) is 12.3 Å². The summed E-state index contributed by atoms with van der Waals surface area (Å²) < 4.78 is 58.4. The van der Waals surface area contributed by atoms with Gasteiger partial charge in [-0.3, -0.25) is 0 Å². The molecule has 6 nitrogen and oxygen atoms in total. The normalized spacial score (nSPS) is 11.5. The van der Waals surface area contributed by atoms with Gasteiger partial charge in [0, 0.05) is 0 Å². The Morgan fingerprint density at radius 3 is 2.61 bits per heavy atom. The number of rotatable bonds is 6. The molecule has 0 aliphatic carbocycles. The lowest BCUT2D eigenvalue weighted by molar-refractivity contribution is -0.148. The van der Waals surface area contributed by atoms with Crippen LogP contribution in [0.4, 0.5) is 23.4 Å². The van der Waals surface area contributed by atoms with E-state index < -0.39 is 24.8 Å². The highest BCUT2D eigenvalue weighted by molar-refractivity contribution is 5.54. The summed E-state index contributed by atoms with van der Waals surface area (Å²) >= 11 is 0. The monoisotopic (exact) mass is 270 g/mol.